The molecule has 2 rings (SSSR count). The van der Waals surface area contributed by atoms with E-state index in [9.17, 15) is 9.90 Å². The quantitative estimate of drug-likeness (QED) is 0.747. The van der Waals surface area contributed by atoms with E-state index in [1.54, 1.807) is 0 Å². The number of hydrogen-bond acceptors (Lipinski definition) is 2. The molecule has 134 valence electrons. The summed E-state index contributed by atoms with van der Waals surface area (Å²) >= 11 is 0. The van der Waals surface area contributed by atoms with E-state index in [4.69, 9.17) is 0 Å². The fourth-order valence-corrected chi connectivity index (χ4v) is 4.07. The number of hydrogen-bond donors (Lipinski definition) is 2. The molecule has 0 aliphatic heterocycles. The second-order valence-corrected chi connectivity index (χ2v) is 7.53. The number of benzene rings is 1. The van der Waals surface area contributed by atoms with Crippen LogP contribution in [0.25, 0.3) is 0 Å². The maximum atomic E-state index is 13.0. The zero-order valence-corrected chi connectivity index (χ0v) is 15.3. The Kier molecular flexibility index (Phi) is 7.29. The van der Waals surface area contributed by atoms with E-state index >= 15 is 0 Å². The third kappa shape index (κ3) is 4.83. The lowest BCUT2D eigenvalue weighted by molar-refractivity contribution is -0.124. The van der Waals surface area contributed by atoms with Crippen LogP contribution in [0.3, 0.4) is 0 Å². The van der Waals surface area contributed by atoms with Crippen LogP contribution in [-0.2, 0) is 4.79 Å². The SMILES string of the molecule is CCC(C)C(C(=O)NCC1(CCO)CCCCC1)c1ccccc1. The maximum Gasteiger partial charge on any atom is 0.227 e. The van der Waals surface area contributed by atoms with Crippen LogP contribution >= 0.6 is 0 Å². The zero-order chi connectivity index (χ0) is 17.4. The van der Waals surface area contributed by atoms with Crippen LogP contribution in [0.15, 0.2) is 30.3 Å². The first kappa shape index (κ1) is 19.0. The predicted octanol–water partition coefficient (Wildman–Crippen LogP) is 4.27. The van der Waals surface area contributed by atoms with Gasteiger partial charge in [-0.2, -0.15) is 0 Å². The van der Waals surface area contributed by atoms with Gasteiger partial charge in [0.2, 0.25) is 5.91 Å². The molecule has 2 unspecified atom stereocenters. The lowest BCUT2D eigenvalue weighted by Crippen LogP contribution is -2.42. The second-order valence-electron chi connectivity index (χ2n) is 7.53. The molecule has 2 N–H and O–H groups in total. The zero-order valence-electron chi connectivity index (χ0n) is 15.3. The lowest BCUT2D eigenvalue weighted by Gasteiger charge is -2.37. The highest BCUT2D eigenvalue weighted by atomic mass is 16.3. The van der Waals surface area contributed by atoms with Gasteiger partial charge in [-0.25, -0.2) is 0 Å². The van der Waals surface area contributed by atoms with Crippen molar-refractivity contribution in [3.8, 4) is 0 Å². The molecule has 1 amide bonds. The molecule has 1 aliphatic rings. The first-order valence-corrected chi connectivity index (χ1v) is 9.55. The molecular formula is C21H33NO2. The van der Waals surface area contributed by atoms with Gasteiger partial charge in [0.1, 0.15) is 0 Å². The average molecular weight is 331 g/mol. The summed E-state index contributed by atoms with van der Waals surface area (Å²) in [6.07, 6.45) is 7.72. The minimum absolute atomic E-state index is 0.0917. The van der Waals surface area contributed by atoms with E-state index < -0.39 is 0 Å². The third-order valence-corrected chi connectivity index (χ3v) is 5.85. The van der Waals surface area contributed by atoms with Crippen molar-refractivity contribution >= 4 is 5.91 Å². The van der Waals surface area contributed by atoms with Crippen molar-refractivity contribution in [1.29, 1.82) is 0 Å². The second kappa shape index (κ2) is 9.22. The summed E-state index contributed by atoms with van der Waals surface area (Å²) in [6, 6.07) is 10.1. The van der Waals surface area contributed by atoms with Crippen molar-refractivity contribution in [2.24, 2.45) is 11.3 Å². The van der Waals surface area contributed by atoms with Crippen molar-refractivity contribution in [1.82, 2.24) is 5.32 Å². The van der Waals surface area contributed by atoms with Gasteiger partial charge in [0.05, 0.1) is 5.92 Å². The minimum atomic E-state index is -0.0917. The van der Waals surface area contributed by atoms with Gasteiger partial charge in [0.15, 0.2) is 0 Å². The molecule has 0 bridgehead atoms. The average Bonchev–Trinajstić information content (AvgIpc) is 2.62. The smallest absolute Gasteiger partial charge is 0.227 e. The molecule has 0 radical (unpaired) electrons. The van der Waals surface area contributed by atoms with Crippen LogP contribution in [0, 0.1) is 11.3 Å². The van der Waals surface area contributed by atoms with Gasteiger partial charge in [0, 0.05) is 13.2 Å². The summed E-state index contributed by atoms with van der Waals surface area (Å²) in [5, 5.41) is 12.7. The molecule has 1 aliphatic carbocycles. The molecule has 3 nitrogen and oxygen atoms in total. The van der Waals surface area contributed by atoms with Crippen molar-refractivity contribution in [2.45, 2.75) is 64.7 Å². The van der Waals surface area contributed by atoms with Gasteiger partial charge in [-0.15, -0.1) is 0 Å². The van der Waals surface area contributed by atoms with Gasteiger partial charge >= 0.3 is 0 Å². The fourth-order valence-electron chi connectivity index (χ4n) is 4.07. The van der Waals surface area contributed by atoms with Gasteiger partial charge in [-0.1, -0.05) is 69.9 Å². The molecule has 0 saturated heterocycles. The molecule has 1 aromatic rings. The Bertz CT molecular complexity index is 488. The lowest BCUT2D eigenvalue weighted by atomic mass is 9.71. The first-order chi connectivity index (χ1) is 11.6. The van der Waals surface area contributed by atoms with E-state index in [0.29, 0.717) is 12.5 Å². The molecule has 0 heterocycles. The Morgan fingerprint density at radius 2 is 1.88 bits per heavy atom. The fraction of sp³-hybridized carbons (Fsp3) is 0.667. The highest BCUT2D eigenvalue weighted by Crippen LogP contribution is 2.39. The monoisotopic (exact) mass is 331 g/mol. The summed E-state index contributed by atoms with van der Waals surface area (Å²) in [6.45, 7) is 5.21. The standard InChI is InChI=1S/C21H33NO2/c1-3-17(2)19(18-10-6-4-7-11-18)20(24)22-16-21(14-15-23)12-8-5-9-13-21/h4,6-7,10-11,17,19,23H,3,5,8-9,12-16H2,1-2H3,(H,22,24). The van der Waals surface area contributed by atoms with E-state index in [0.717, 1.165) is 31.2 Å². The first-order valence-electron chi connectivity index (χ1n) is 9.55. The Hall–Kier alpha value is -1.35. The molecular weight excluding hydrogens is 298 g/mol. The van der Waals surface area contributed by atoms with E-state index in [2.05, 4.69) is 31.3 Å². The molecule has 0 spiro atoms. The van der Waals surface area contributed by atoms with Crippen molar-refractivity contribution in [3.05, 3.63) is 35.9 Å². The van der Waals surface area contributed by atoms with Crippen LogP contribution in [0.2, 0.25) is 0 Å². The number of carbonyl (C=O) groups excluding carboxylic acids is 1. The number of amides is 1. The van der Waals surface area contributed by atoms with Gasteiger partial charge in [-0.3, -0.25) is 4.79 Å². The summed E-state index contributed by atoms with van der Waals surface area (Å²) in [7, 11) is 0. The van der Waals surface area contributed by atoms with E-state index in [1.165, 1.54) is 19.3 Å². The largest absolute Gasteiger partial charge is 0.396 e. The number of rotatable bonds is 8. The highest BCUT2D eigenvalue weighted by Gasteiger charge is 2.33. The van der Waals surface area contributed by atoms with E-state index in [1.807, 2.05) is 18.2 Å². The van der Waals surface area contributed by atoms with Gasteiger partial charge < -0.3 is 10.4 Å². The van der Waals surface area contributed by atoms with Crippen LogP contribution < -0.4 is 5.32 Å². The molecule has 0 aromatic heterocycles. The molecule has 24 heavy (non-hydrogen) atoms. The number of carbonyl (C=O) groups is 1. The maximum absolute atomic E-state index is 13.0. The number of aliphatic hydroxyl groups is 1. The summed E-state index contributed by atoms with van der Waals surface area (Å²) in [4.78, 5) is 13.0. The summed E-state index contributed by atoms with van der Waals surface area (Å²) in [5.41, 5.74) is 1.20. The van der Waals surface area contributed by atoms with Crippen LogP contribution in [0.4, 0.5) is 0 Å². The molecule has 2 atom stereocenters. The van der Waals surface area contributed by atoms with Gasteiger partial charge in [-0.05, 0) is 36.2 Å². The van der Waals surface area contributed by atoms with Crippen LogP contribution in [-0.4, -0.2) is 24.2 Å². The predicted molar refractivity (Wildman–Crippen MR) is 98.9 cm³/mol. The third-order valence-electron chi connectivity index (χ3n) is 5.85. The topological polar surface area (TPSA) is 49.3 Å². The molecule has 1 fully saturated rings. The van der Waals surface area contributed by atoms with E-state index in [-0.39, 0.29) is 23.8 Å². The molecule has 1 aromatic carbocycles. The van der Waals surface area contributed by atoms with Crippen LogP contribution in [0.1, 0.15) is 70.3 Å². The Morgan fingerprint density at radius 3 is 2.46 bits per heavy atom. The number of aliphatic hydroxyl groups excluding tert-OH is 1. The Morgan fingerprint density at radius 1 is 1.21 bits per heavy atom. The highest BCUT2D eigenvalue weighted by molar-refractivity contribution is 5.84. The Labute approximate surface area is 146 Å². The van der Waals surface area contributed by atoms with Gasteiger partial charge in [0.25, 0.3) is 0 Å². The minimum Gasteiger partial charge on any atom is -0.396 e. The summed E-state index contributed by atoms with van der Waals surface area (Å²) < 4.78 is 0. The normalized spacial score (nSPS) is 19.5. The number of nitrogens with one attached hydrogen (secondary N) is 1. The van der Waals surface area contributed by atoms with Crippen molar-refractivity contribution < 1.29 is 9.90 Å². The summed E-state index contributed by atoms with van der Waals surface area (Å²) in [5.74, 6) is 0.358. The van der Waals surface area contributed by atoms with Crippen molar-refractivity contribution in [3.63, 3.8) is 0 Å². The van der Waals surface area contributed by atoms with Crippen molar-refractivity contribution in [2.75, 3.05) is 13.2 Å². The molecule has 3 heteroatoms. The molecule has 1 saturated carbocycles. The van der Waals surface area contributed by atoms with Crippen LogP contribution in [0.5, 0.6) is 0 Å². The Balaban J connectivity index is 2.07.